The van der Waals surface area contributed by atoms with Crippen molar-refractivity contribution in [2.24, 2.45) is 0 Å². The minimum absolute atomic E-state index is 0. The largest absolute Gasteiger partial charge is 0 e. The van der Waals surface area contributed by atoms with E-state index in [2.05, 4.69) is 9.19 Å². The van der Waals surface area contributed by atoms with E-state index in [4.69, 9.17) is 0 Å². The van der Waals surface area contributed by atoms with Crippen LogP contribution in [0.1, 0.15) is 1.43 Å². The van der Waals surface area contributed by atoms with Gasteiger partial charge in [0.2, 0.25) is 0 Å². The van der Waals surface area contributed by atoms with Crippen LogP contribution in [0, 0.1) is 0 Å². The number of hydrogen-bond donors (Lipinski definition) is 0. The van der Waals surface area contributed by atoms with Crippen LogP contribution in [0.25, 0.3) is 0 Å². The first-order valence-corrected chi connectivity index (χ1v) is 4.11. The standard InChI is InChI=1S/Na.3H2O.S.2Sb.2H/h;3*1H2;;;;;/q+1;;;;;;;;-1. The third kappa shape index (κ3) is 52.9. The summed E-state index contributed by atoms with van der Waals surface area (Å²) in [6.45, 7) is 0. The van der Waals surface area contributed by atoms with E-state index in [-0.39, 0.29) is 71.8 Å². The summed E-state index contributed by atoms with van der Waals surface area (Å²) in [6, 6.07) is 0. The predicted octanol–water partition coefficient (Wildman–Crippen LogP) is -5.74. The summed E-state index contributed by atoms with van der Waals surface area (Å²) in [7, 11) is 4.17. The molecule has 43 valence electrons. The van der Waals surface area contributed by atoms with E-state index in [0.29, 0.717) is 0 Å². The normalized spacial score (nSPS) is 0.571. The Hall–Kier alpha value is 2.74. The van der Waals surface area contributed by atoms with Gasteiger partial charge in [0.05, 0.1) is 0 Å². The molecule has 0 aliphatic carbocycles. The topological polar surface area (TPSA) is 94.5 Å². The average molecular weight is 355 g/mol. The molecule has 0 fully saturated rings. The van der Waals surface area contributed by atoms with Crippen LogP contribution in [0.4, 0.5) is 0 Å². The molecule has 0 bridgehead atoms. The van der Waals surface area contributed by atoms with E-state index >= 15 is 0 Å². The summed E-state index contributed by atoms with van der Waals surface area (Å²) in [5.74, 6) is 0. The Balaban J connectivity index is -0.000000000333. The molecular formula is H8NaO3SSb2. The average Bonchev–Trinajstić information content (AvgIpc) is 1.00. The van der Waals surface area contributed by atoms with E-state index in [1.807, 2.05) is 0 Å². The first-order chi connectivity index (χ1) is 1.00. The van der Waals surface area contributed by atoms with E-state index in [1.165, 1.54) is 0 Å². The van der Waals surface area contributed by atoms with Gasteiger partial charge in [0.15, 0.2) is 0 Å². The van der Waals surface area contributed by atoms with Gasteiger partial charge in [-0.1, -0.05) is 0 Å². The summed E-state index contributed by atoms with van der Waals surface area (Å²) in [5, 5.41) is 0. The van der Waals surface area contributed by atoms with Gasteiger partial charge in [-0.05, 0) is 0 Å². The van der Waals surface area contributed by atoms with Gasteiger partial charge in [0.25, 0.3) is 0 Å². The van der Waals surface area contributed by atoms with Crippen LogP contribution < -0.4 is 29.6 Å². The SMILES string of the molecule is O.O.O.[H-].[Na+].[S]=[SbH].[Sb]. The molecule has 0 aliphatic heterocycles. The number of hydrogen-bond acceptors (Lipinski definition) is 1. The Kier molecular flexibility index (Phi) is 531. The molecule has 3 radical (unpaired) electrons. The van der Waals surface area contributed by atoms with Crippen molar-refractivity contribution in [2.75, 3.05) is 0 Å². The van der Waals surface area contributed by atoms with Gasteiger partial charge in [-0.15, -0.1) is 0 Å². The van der Waals surface area contributed by atoms with Crippen molar-refractivity contribution < 1.29 is 47.4 Å². The Morgan fingerprint density at radius 3 is 1.00 bits per heavy atom. The van der Waals surface area contributed by atoms with Crippen LogP contribution in [0.2, 0.25) is 0 Å². The van der Waals surface area contributed by atoms with Gasteiger partial charge >= 0.3 is 59.8 Å². The molecule has 0 heterocycles. The van der Waals surface area contributed by atoms with Crippen molar-refractivity contribution >= 4 is 54.7 Å². The molecule has 0 spiro atoms. The van der Waals surface area contributed by atoms with Gasteiger partial charge in [0, 0.05) is 24.4 Å². The van der Waals surface area contributed by atoms with Crippen molar-refractivity contribution in [3.8, 4) is 0 Å². The van der Waals surface area contributed by atoms with Gasteiger partial charge in [0.1, 0.15) is 0 Å². The Morgan fingerprint density at radius 2 is 1.00 bits per heavy atom. The molecule has 0 unspecified atom stereocenters. The van der Waals surface area contributed by atoms with E-state index < -0.39 is 0 Å². The minimum atomic E-state index is 0. The van der Waals surface area contributed by atoms with Crippen molar-refractivity contribution in [3.05, 3.63) is 0 Å². The maximum absolute atomic E-state index is 4.17. The summed E-state index contributed by atoms with van der Waals surface area (Å²) >= 11 is 1.13. The first-order valence-electron chi connectivity index (χ1n) is 0.204. The van der Waals surface area contributed by atoms with Crippen LogP contribution in [0.5, 0.6) is 0 Å². The van der Waals surface area contributed by atoms with Gasteiger partial charge in [-0.2, -0.15) is 0 Å². The fraction of sp³-hybridized carbons (Fsp3) is 0. The van der Waals surface area contributed by atoms with E-state index in [9.17, 15) is 0 Å². The smallest absolute Gasteiger partial charge is 0 e. The molecule has 0 saturated carbocycles. The molecule has 0 aromatic heterocycles. The van der Waals surface area contributed by atoms with Crippen molar-refractivity contribution in [3.63, 3.8) is 0 Å². The molecule has 0 amide bonds. The quantitative estimate of drug-likeness (QED) is 0.398. The van der Waals surface area contributed by atoms with Crippen LogP contribution >= 0.6 is 9.19 Å². The fourth-order valence-corrected chi connectivity index (χ4v) is 0. The second-order valence-electron chi connectivity index (χ2n) is 0. The molecule has 7 heavy (non-hydrogen) atoms. The van der Waals surface area contributed by atoms with Crippen molar-refractivity contribution in [1.82, 2.24) is 0 Å². The summed E-state index contributed by atoms with van der Waals surface area (Å²) in [6.07, 6.45) is 0. The van der Waals surface area contributed by atoms with Crippen LogP contribution in [-0.4, -0.2) is 61.9 Å². The second-order valence-corrected chi connectivity index (χ2v) is 0. The first kappa shape index (κ1) is 53.2. The summed E-state index contributed by atoms with van der Waals surface area (Å²) < 4.78 is 0. The van der Waals surface area contributed by atoms with Crippen LogP contribution in [0.15, 0.2) is 0 Å². The molecule has 0 atom stereocenters. The zero-order chi connectivity index (χ0) is 2.00. The summed E-state index contributed by atoms with van der Waals surface area (Å²) in [4.78, 5) is 0. The van der Waals surface area contributed by atoms with Gasteiger partial charge < -0.3 is 17.9 Å². The molecule has 6 N–H and O–H groups in total. The predicted molar refractivity (Wildman–Crippen MR) is 32.4 cm³/mol. The van der Waals surface area contributed by atoms with Crippen molar-refractivity contribution in [1.29, 1.82) is 0 Å². The second kappa shape index (κ2) is 69.8. The molecule has 3 nitrogen and oxygen atoms in total. The fourth-order valence-electron chi connectivity index (χ4n) is 0. The zero-order valence-corrected chi connectivity index (χ0v) is 12.1. The molecular weight excluding hydrogens is 347 g/mol. The maximum Gasteiger partial charge on any atom is 0 e. The molecule has 0 aromatic rings. The third-order valence-electron chi connectivity index (χ3n) is 0. The van der Waals surface area contributed by atoms with E-state index in [0.717, 1.165) is 21.1 Å². The number of rotatable bonds is 0. The van der Waals surface area contributed by atoms with Gasteiger partial charge in [-0.25, -0.2) is 0 Å². The Morgan fingerprint density at radius 1 is 1.00 bits per heavy atom. The van der Waals surface area contributed by atoms with Gasteiger partial charge in [-0.3, -0.25) is 0 Å². The summed E-state index contributed by atoms with van der Waals surface area (Å²) in [5.41, 5.74) is 0. The Labute approximate surface area is 100 Å². The zero-order valence-electron chi connectivity index (χ0n) is 4.86. The van der Waals surface area contributed by atoms with E-state index in [1.54, 1.807) is 0 Å². The monoisotopic (exact) mass is 353 g/mol. The molecule has 7 heteroatoms. The molecule has 0 aromatic carbocycles. The minimum Gasteiger partial charge on any atom is 0 e. The molecule has 0 aliphatic rings. The maximum atomic E-state index is 4.17. The van der Waals surface area contributed by atoms with Crippen molar-refractivity contribution in [2.45, 2.75) is 0 Å². The van der Waals surface area contributed by atoms with Crippen LogP contribution in [-0.2, 0) is 0 Å². The van der Waals surface area contributed by atoms with Crippen LogP contribution in [0.3, 0.4) is 0 Å². The molecule has 0 rings (SSSR count). The Bertz CT molecular complexity index is 17.2. The molecule has 0 saturated heterocycles. The third-order valence-corrected chi connectivity index (χ3v) is 0.